The molecular weight excluding hydrogens is 386 g/mol. The van der Waals surface area contributed by atoms with Gasteiger partial charge in [0.15, 0.2) is 0 Å². The van der Waals surface area contributed by atoms with Crippen LogP contribution in [0, 0.1) is 0 Å². The van der Waals surface area contributed by atoms with Crippen molar-refractivity contribution >= 4 is 0 Å². The lowest BCUT2D eigenvalue weighted by molar-refractivity contribution is 0.109. The minimum atomic E-state index is 0.228. The van der Waals surface area contributed by atoms with Gasteiger partial charge in [0.25, 0.3) is 0 Å². The van der Waals surface area contributed by atoms with Crippen molar-refractivity contribution in [3.63, 3.8) is 0 Å². The van der Waals surface area contributed by atoms with E-state index in [1.165, 1.54) is 32.1 Å². The van der Waals surface area contributed by atoms with Gasteiger partial charge in [0, 0.05) is 24.7 Å². The van der Waals surface area contributed by atoms with Crippen LogP contribution in [0.4, 0.5) is 0 Å². The highest BCUT2D eigenvalue weighted by atomic mass is 16.5. The number of likely N-dealkylation sites (tertiary alicyclic amines) is 1. The number of nitrogens with zero attached hydrogens (tertiary/aromatic N) is 3. The monoisotopic (exact) mass is 423 g/mol. The summed E-state index contributed by atoms with van der Waals surface area (Å²) in [6, 6.07) is 10.6. The summed E-state index contributed by atoms with van der Waals surface area (Å²) >= 11 is 0. The Hall–Kier alpha value is -2.14. The van der Waals surface area contributed by atoms with Crippen LogP contribution in [0.3, 0.4) is 0 Å². The van der Waals surface area contributed by atoms with E-state index in [-0.39, 0.29) is 6.10 Å². The summed E-state index contributed by atoms with van der Waals surface area (Å²) in [5, 5.41) is 8.99. The summed E-state index contributed by atoms with van der Waals surface area (Å²) in [6.07, 6.45) is 12.1. The Balaban J connectivity index is 1.49. The summed E-state index contributed by atoms with van der Waals surface area (Å²) < 4.78 is 12.4. The number of unbranched alkanes of at least 4 members (excludes halogenated alkanes) is 1. The summed E-state index contributed by atoms with van der Waals surface area (Å²) in [7, 11) is 2.16. The van der Waals surface area contributed by atoms with E-state index in [1.807, 2.05) is 0 Å². The third-order valence-corrected chi connectivity index (χ3v) is 6.59. The zero-order valence-electron chi connectivity index (χ0n) is 19.2. The van der Waals surface area contributed by atoms with Gasteiger partial charge in [-0.05, 0) is 76.1 Å². The molecule has 2 aliphatic rings. The molecule has 0 atom stereocenters. The summed E-state index contributed by atoms with van der Waals surface area (Å²) in [5.41, 5.74) is 3.35. The van der Waals surface area contributed by atoms with Gasteiger partial charge in [-0.1, -0.05) is 31.9 Å². The minimum Gasteiger partial charge on any atom is -0.490 e. The van der Waals surface area contributed by atoms with Crippen molar-refractivity contribution in [3.8, 4) is 22.8 Å². The van der Waals surface area contributed by atoms with Crippen LogP contribution < -0.4 is 9.47 Å². The minimum absolute atomic E-state index is 0.228. The average molecular weight is 424 g/mol. The van der Waals surface area contributed by atoms with Crippen molar-refractivity contribution in [2.75, 3.05) is 20.1 Å². The molecule has 1 aliphatic heterocycles. The molecule has 5 heteroatoms. The number of benzene rings is 1. The van der Waals surface area contributed by atoms with Crippen molar-refractivity contribution in [2.24, 2.45) is 0 Å². The molecular formula is C26H37N3O2. The maximum atomic E-state index is 6.22. The van der Waals surface area contributed by atoms with Gasteiger partial charge in [-0.2, -0.15) is 5.10 Å². The molecule has 1 aliphatic carbocycles. The Kier molecular flexibility index (Phi) is 7.79. The molecule has 1 aromatic heterocycles. The van der Waals surface area contributed by atoms with E-state index in [4.69, 9.17) is 9.47 Å². The van der Waals surface area contributed by atoms with Crippen LogP contribution in [0.2, 0.25) is 0 Å². The summed E-state index contributed by atoms with van der Waals surface area (Å²) in [4.78, 5) is 2.35. The number of rotatable bonds is 8. The number of hydrogen-bond acceptors (Lipinski definition) is 5. The lowest BCUT2D eigenvalue weighted by Gasteiger charge is -2.28. The van der Waals surface area contributed by atoms with E-state index in [1.54, 1.807) is 0 Å². The Morgan fingerprint density at radius 3 is 2.32 bits per heavy atom. The number of hydrogen-bond donors (Lipinski definition) is 0. The highest BCUT2D eigenvalue weighted by molar-refractivity contribution is 5.67. The molecule has 1 saturated heterocycles. The third-order valence-electron chi connectivity index (χ3n) is 6.59. The summed E-state index contributed by atoms with van der Waals surface area (Å²) in [5.74, 6) is 1.61. The van der Waals surface area contributed by atoms with Crippen molar-refractivity contribution in [3.05, 3.63) is 36.0 Å². The fraction of sp³-hybridized carbons (Fsp3) is 0.615. The molecule has 2 aromatic rings. The van der Waals surface area contributed by atoms with Crippen LogP contribution in [-0.4, -0.2) is 47.4 Å². The first kappa shape index (κ1) is 22.1. The molecule has 0 amide bonds. The lowest BCUT2D eigenvalue weighted by atomic mass is 9.97. The topological polar surface area (TPSA) is 47.5 Å². The molecule has 168 valence electrons. The first-order valence-electron chi connectivity index (χ1n) is 12.2. The number of ether oxygens (including phenoxy) is 2. The number of aryl methyl sites for hydroxylation is 1. The number of aromatic nitrogens is 2. The second-order valence-electron chi connectivity index (χ2n) is 9.17. The second-order valence-corrected chi connectivity index (χ2v) is 9.17. The van der Waals surface area contributed by atoms with E-state index in [2.05, 4.69) is 59.4 Å². The van der Waals surface area contributed by atoms with Crippen LogP contribution in [0.25, 0.3) is 11.1 Å². The maximum Gasteiger partial charge on any atom is 0.234 e. The van der Waals surface area contributed by atoms with Crippen molar-refractivity contribution in [1.82, 2.24) is 15.1 Å². The average Bonchev–Trinajstić information content (AvgIpc) is 2.81. The standard InChI is InChI=1S/C26H37N3O2/c1-3-4-10-25-24(19-26(28-27-25)31-23-15-17-29(2)18-16-23)20-11-13-22(14-12-20)30-21-8-6-5-7-9-21/h11-14,19,21,23H,3-10,15-18H2,1-2H3. The fourth-order valence-corrected chi connectivity index (χ4v) is 4.60. The van der Waals surface area contributed by atoms with E-state index >= 15 is 0 Å². The maximum absolute atomic E-state index is 6.22. The molecule has 5 nitrogen and oxygen atoms in total. The smallest absolute Gasteiger partial charge is 0.234 e. The van der Waals surface area contributed by atoms with Gasteiger partial charge in [0.1, 0.15) is 11.9 Å². The zero-order chi connectivity index (χ0) is 21.5. The van der Waals surface area contributed by atoms with Gasteiger partial charge in [0.05, 0.1) is 11.8 Å². The Bertz CT molecular complexity index is 810. The quantitative estimate of drug-likeness (QED) is 0.547. The normalized spacial score (nSPS) is 18.8. The molecule has 2 heterocycles. The highest BCUT2D eigenvalue weighted by Crippen LogP contribution is 2.30. The predicted octanol–water partition coefficient (Wildman–Crippen LogP) is 5.67. The first-order valence-corrected chi connectivity index (χ1v) is 12.2. The van der Waals surface area contributed by atoms with Crippen LogP contribution in [0.1, 0.15) is 70.4 Å². The van der Waals surface area contributed by atoms with Crippen molar-refractivity contribution in [1.29, 1.82) is 0 Å². The van der Waals surface area contributed by atoms with Gasteiger partial charge in [0.2, 0.25) is 5.88 Å². The Morgan fingerprint density at radius 1 is 0.903 bits per heavy atom. The van der Waals surface area contributed by atoms with Gasteiger partial charge >= 0.3 is 0 Å². The van der Waals surface area contributed by atoms with E-state index in [0.717, 1.165) is 67.8 Å². The second kappa shape index (κ2) is 10.9. The third kappa shape index (κ3) is 6.19. The van der Waals surface area contributed by atoms with E-state index in [0.29, 0.717) is 12.0 Å². The SMILES string of the molecule is CCCCc1nnc(OC2CCN(C)CC2)cc1-c1ccc(OC2CCCCC2)cc1. The fourth-order valence-electron chi connectivity index (χ4n) is 4.60. The molecule has 0 spiro atoms. The molecule has 1 saturated carbocycles. The largest absolute Gasteiger partial charge is 0.490 e. The van der Waals surface area contributed by atoms with Gasteiger partial charge < -0.3 is 14.4 Å². The van der Waals surface area contributed by atoms with Gasteiger partial charge in [-0.25, -0.2) is 0 Å². The van der Waals surface area contributed by atoms with E-state index in [9.17, 15) is 0 Å². The molecule has 0 N–H and O–H groups in total. The van der Waals surface area contributed by atoms with Crippen LogP contribution in [0.5, 0.6) is 11.6 Å². The molecule has 0 radical (unpaired) electrons. The molecule has 1 aromatic carbocycles. The van der Waals surface area contributed by atoms with Crippen molar-refractivity contribution in [2.45, 2.75) is 83.3 Å². The van der Waals surface area contributed by atoms with E-state index < -0.39 is 0 Å². The first-order chi connectivity index (χ1) is 15.2. The Morgan fingerprint density at radius 2 is 1.61 bits per heavy atom. The van der Waals surface area contributed by atoms with Crippen molar-refractivity contribution < 1.29 is 9.47 Å². The Labute approximate surface area is 187 Å². The van der Waals surface area contributed by atoms with Gasteiger partial charge in [-0.3, -0.25) is 0 Å². The number of piperidine rings is 1. The van der Waals surface area contributed by atoms with Crippen LogP contribution >= 0.6 is 0 Å². The van der Waals surface area contributed by atoms with Gasteiger partial charge in [-0.15, -0.1) is 5.10 Å². The lowest BCUT2D eigenvalue weighted by Crippen LogP contribution is -2.35. The van der Waals surface area contributed by atoms with Crippen LogP contribution in [-0.2, 0) is 6.42 Å². The molecule has 31 heavy (non-hydrogen) atoms. The highest BCUT2D eigenvalue weighted by Gasteiger charge is 2.20. The molecule has 2 fully saturated rings. The zero-order valence-corrected chi connectivity index (χ0v) is 19.2. The molecule has 4 rings (SSSR count). The van der Waals surface area contributed by atoms with Crippen LogP contribution in [0.15, 0.2) is 30.3 Å². The predicted molar refractivity (Wildman–Crippen MR) is 125 cm³/mol. The molecule has 0 unspecified atom stereocenters. The molecule has 0 bridgehead atoms. The summed E-state index contributed by atoms with van der Waals surface area (Å²) in [6.45, 7) is 4.35.